The third-order valence-corrected chi connectivity index (χ3v) is 4.89. The second kappa shape index (κ2) is 7.06. The van der Waals surface area contributed by atoms with Gasteiger partial charge in [-0.3, -0.25) is 4.79 Å². The summed E-state index contributed by atoms with van der Waals surface area (Å²) >= 11 is 12.5. The van der Waals surface area contributed by atoms with Crippen molar-refractivity contribution in [3.8, 4) is 11.4 Å². The minimum absolute atomic E-state index is 0.316. The second-order valence-corrected chi connectivity index (χ2v) is 7.05. The van der Waals surface area contributed by atoms with Crippen LogP contribution in [-0.2, 0) is 0 Å². The van der Waals surface area contributed by atoms with Crippen LogP contribution in [0.5, 0.6) is 0 Å². The molecule has 4 aromatic rings. The van der Waals surface area contributed by atoms with Gasteiger partial charge in [-0.1, -0.05) is 41.4 Å². The van der Waals surface area contributed by atoms with Gasteiger partial charge in [0, 0.05) is 5.56 Å². The predicted molar refractivity (Wildman–Crippen MR) is 111 cm³/mol. The Kier molecular flexibility index (Phi) is 4.60. The van der Waals surface area contributed by atoms with E-state index in [-0.39, 0.29) is 5.91 Å². The Morgan fingerprint density at radius 3 is 2.59 bits per heavy atom. The quantitative estimate of drug-likeness (QED) is 0.440. The summed E-state index contributed by atoms with van der Waals surface area (Å²) in [6, 6.07) is 18.5. The van der Waals surface area contributed by atoms with Crippen molar-refractivity contribution < 1.29 is 4.79 Å². The molecule has 0 spiro atoms. The van der Waals surface area contributed by atoms with E-state index in [0.29, 0.717) is 27.1 Å². The molecule has 27 heavy (non-hydrogen) atoms. The average molecular weight is 396 g/mol. The lowest BCUT2D eigenvalue weighted by Crippen LogP contribution is -2.13. The molecule has 1 amide bonds. The number of anilines is 1. The Bertz CT molecular complexity index is 1130. The number of rotatable bonds is 3. The van der Waals surface area contributed by atoms with Gasteiger partial charge in [0.2, 0.25) is 0 Å². The molecule has 0 atom stereocenters. The minimum atomic E-state index is -0.316. The van der Waals surface area contributed by atoms with Gasteiger partial charge in [0.1, 0.15) is 5.82 Å². The Labute approximate surface area is 166 Å². The third-order valence-electron chi connectivity index (χ3n) is 4.25. The first-order chi connectivity index (χ1) is 13.0. The van der Waals surface area contributed by atoms with E-state index in [2.05, 4.69) is 15.3 Å². The third kappa shape index (κ3) is 3.54. The number of carbonyl (C=O) groups is 1. The van der Waals surface area contributed by atoms with Crippen LogP contribution in [0.3, 0.4) is 0 Å². The number of halogens is 2. The largest absolute Gasteiger partial charge is 0.338 e. The fourth-order valence-corrected chi connectivity index (χ4v) is 3.34. The van der Waals surface area contributed by atoms with Crippen molar-refractivity contribution >= 4 is 45.8 Å². The summed E-state index contributed by atoms with van der Waals surface area (Å²) < 4.78 is 0. The van der Waals surface area contributed by atoms with Crippen LogP contribution in [0.2, 0.25) is 10.0 Å². The van der Waals surface area contributed by atoms with Gasteiger partial charge in [0.05, 0.1) is 32.3 Å². The van der Waals surface area contributed by atoms with Crippen LogP contribution in [0.25, 0.3) is 22.4 Å². The lowest BCUT2D eigenvalue weighted by Gasteiger charge is -2.10. The molecule has 0 aliphatic heterocycles. The zero-order valence-electron chi connectivity index (χ0n) is 14.4. The second-order valence-electron chi connectivity index (χ2n) is 6.23. The number of aryl methyl sites for hydroxylation is 1. The lowest BCUT2D eigenvalue weighted by atomic mass is 10.1. The van der Waals surface area contributed by atoms with Crippen LogP contribution in [-0.4, -0.2) is 15.9 Å². The molecule has 3 aromatic carbocycles. The molecule has 0 unspecified atom stereocenters. The molecule has 4 nitrogen and oxygen atoms in total. The molecular weight excluding hydrogens is 381 g/mol. The number of H-pyrrole nitrogens is 1. The molecule has 0 saturated carbocycles. The maximum Gasteiger partial charge on any atom is 0.257 e. The van der Waals surface area contributed by atoms with Gasteiger partial charge in [-0.05, 0) is 55.0 Å². The fourth-order valence-electron chi connectivity index (χ4n) is 2.85. The Morgan fingerprint density at radius 2 is 1.81 bits per heavy atom. The molecule has 0 saturated heterocycles. The highest BCUT2D eigenvalue weighted by Gasteiger charge is 2.14. The highest BCUT2D eigenvalue weighted by atomic mass is 35.5. The van der Waals surface area contributed by atoms with Crippen molar-refractivity contribution in [2.75, 3.05) is 5.32 Å². The van der Waals surface area contributed by atoms with E-state index in [4.69, 9.17) is 23.2 Å². The van der Waals surface area contributed by atoms with Crippen molar-refractivity contribution in [1.29, 1.82) is 0 Å². The van der Waals surface area contributed by atoms with Gasteiger partial charge < -0.3 is 10.3 Å². The summed E-state index contributed by atoms with van der Waals surface area (Å²) in [5, 5.41) is 3.67. The maximum absolute atomic E-state index is 12.6. The zero-order chi connectivity index (χ0) is 19.0. The van der Waals surface area contributed by atoms with Gasteiger partial charge >= 0.3 is 0 Å². The Balaban J connectivity index is 1.67. The molecule has 0 radical (unpaired) electrons. The van der Waals surface area contributed by atoms with E-state index in [0.717, 1.165) is 22.2 Å². The lowest BCUT2D eigenvalue weighted by molar-refractivity contribution is 0.102. The number of imidazole rings is 1. The predicted octanol–water partition coefficient (Wildman–Crippen LogP) is 6.10. The van der Waals surface area contributed by atoms with Gasteiger partial charge in [-0.15, -0.1) is 0 Å². The molecule has 0 fully saturated rings. The highest BCUT2D eigenvalue weighted by Crippen LogP contribution is 2.29. The van der Waals surface area contributed by atoms with Gasteiger partial charge in [-0.25, -0.2) is 4.98 Å². The number of carbonyl (C=O) groups excluding carboxylic acids is 1. The van der Waals surface area contributed by atoms with Gasteiger partial charge in [0.25, 0.3) is 5.91 Å². The summed E-state index contributed by atoms with van der Waals surface area (Å²) in [7, 11) is 0. The SMILES string of the molecule is Cc1ccc(C(=O)Nc2cc(-c3nc4ccccc4[nH]3)ccc2Cl)c(Cl)c1. The van der Waals surface area contributed by atoms with Crippen molar-refractivity contribution in [3.63, 3.8) is 0 Å². The number of para-hydroxylation sites is 2. The van der Waals surface area contributed by atoms with Crippen LogP contribution < -0.4 is 5.32 Å². The highest BCUT2D eigenvalue weighted by molar-refractivity contribution is 6.36. The van der Waals surface area contributed by atoms with Crippen LogP contribution in [0.15, 0.2) is 60.7 Å². The van der Waals surface area contributed by atoms with Crippen LogP contribution in [0.4, 0.5) is 5.69 Å². The minimum Gasteiger partial charge on any atom is -0.338 e. The number of benzene rings is 3. The summed E-state index contributed by atoms with van der Waals surface area (Å²) in [5.74, 6) is 0.389. The molecule has 2 N–H and O–H groups in total. The number of nitrogens with zero attached hydrogens (tertiary/aromatic N) is 1. The monoisotopic (exact) mass is 395 g/mol. The first-order valence-electron chi connectivity index (χ1n) is 8.33. The Hall–Kier alpha value is -2.82. The van der Waals surface area contributed by atoms with Crippen molar-refractivity contribution in [1.82, 2.24) is 9.97 Å². The molecule has 0 aliphatic carbocycles. The van der Waals surface area contributed by atoms with E-state index in [1.165, 1.54) is 0 Å². The first kappa shape index (κ1) is 17.6. The molecule has 1 heterocycles. The molecular formula is C21H15Cl2N3O. The number of aromatic nitrogens is 2. The van der Waals surface area contributed by atoms with Crippen LogP contribution >= 0.6 is 23.2 Å². The number of fused-ring (bicyclic) bond motifs is 1. The van der Waals surface area contributed by atoms with Crippen LogP contribution in [0, 0.1) is 6.92 Å². The number of aromatic amines is 1. The first-order valence-corrected chi connectivity index (χ1v) is 9.09. The number of nitrogens with one attached hydrogen (secondary N) is 2. The van der Waals surface area contributed by atoms with Gasteiger partial charge in [-0.2, -0.15) is 0 Å². The molecule has 1 aromatic heterocycles. The fraction of sp³-hybridized carbons (Fsp3) is 0.0476. The van der Waals surface area contributed by atoms with Gasteiger partial charge in [0.15, 0.2) is 0 Å². The van der Waals surface area contributed by atoms with E-state index in [9.17, 15) is 4.79 Å². The Morgan fingerprint density at radius 1 is 1.00 bits per heavy atom. The van der Waals surface area contributed by atoms with Crippen molar-refractivity contribution in [2.45, 2.75) is 6.92 Å². The molecule has 0 aliphatic rings. The number of amides is 1. The summed E-state index contributed by atoms with van der Waals surface area (Å²) in [6.07, 6.45) is 0. The van der Waals surface area contributed by atoms with Crippen molar-refractivity contribution in [2.24, 2.45) is 0 Å². The van der Waals surface area contributed by atoms with E-state index in [1.807, 2.05) is 43.3 Å². The van der Waals surface area contributed by atoms with E-state index >= 15 is 0 Å². The topological polar surface area (TPSA) is 57.8 Å². The molecule has 4 rings (SSSR count). The molecule has 0 bridgehead atoms. The van der Waals surface area contributed by atoms with E-state index in [1.54, 1.807) is 24.3 Å². The smallest absolute Gasteiger partial charge is 0.257 e. The summed E-state index contributed by atoms with van der Waals surface area (Å²) in [6.45, 7) is 1.92. The van der Waals surface area contributed by atoms with Crippen molar-refractivity contribution in [3.05, 3.63) is 81.8 Å². The number of hydrogen-bond donors (Lipinski definition) is 2. The molecule has 134 valence electrons. The number of hydrogen-bond acceptors (Lipinski definition) is 2. The average Bonchev–Trinajstić information content (AvgIpc) is 3.07. The normalized spacial score (nSPS) is 10.9. The molecule has 6 heteroatoms. The maximum atomic E-state index is 12.6. The summed E-state index contributed by atoms with van der Waals surface area (Å²) in [5.41, 5.74) is 4.52. The zero-order valence-corrected chi connectivity index (χ0v) is 15.9. The standard InChI is InChI=1S/C21H15Cl2N3O/c1-12-6-8-14(16(23)10-12)21(27)26-19-11-13(7-9-15(19)22)20-24-17-4-2-3-5-18(17)25-20/h2-11H,1H3,(H,24,25)(H,26,27). The van der Waals surface area contributed by atoms with Crippen LogP contribution in [0.1, 0.15) is 15.9 Å². The summed E-state index contributed by atoms with van der Waals surface area (Å²) in [4.78, 5) is 20.5. The van der Waals surface area contributed by atoms with E-state index < -0.39 is 0 Å².